The summed E-state index contributed by atoms with van der Waals surface area (Å²) in [4.78, 5) is 4.65. The van der Waals surface area contributed by atoms with E-state index in [9.17, 15) is 0 Å². The normalized spacial score (nSPS) is 15.5. The van der Waals surface area contributed by atoms with E-state index in [0.717, 1.165) is 31.0 Å². The molecule has 0 aliphatic carbocycles. The van der Waals surface area contributed by atoms with E-state index in [4.69, 9.17) is 9.47 Å². The number of allylic oxidation sites excluding steroid dienone is 1. The Morgan fingerprint density at radius 2 is 1.96 bits per heavy atom. The Bertz CT molecular complexity index is 523. The van der Waals surface area contributed by atoms with Crippen molar-refractivity contribution >= 4 is 0 Å². The van der Waals surface area contributed by atoms with Crippen molar-refractivity contribution in [3.05, 3.63) is 35.9 Å². The van der Waals surface area contributed by atoms with Gasteiger partial charge < -0.3 is 14.4 Å². The number of methoxy groups -OCH3 is 1. The number of rotatable bonds is 9. The second kappa shape index (κ2) is 9.70. The molecule has 0 amide bonds. The summed E-state index contributed by atoms with van der Waals surface area (Å²) in [7, 11) is 5.83. The summed E-state index contributed by atoms with van der Waals surface area (Å²) in [5, 5.41) is 0. The lowest BCUT2D eigenvalue weighted by molar-refractivity contribution is 0.210. The molecule has 1 saturated heterocycles. The Balaban J connectivity index is 2.23. The van der Waals surface area contributed by atoms with Crippen LogP contribution in [0.15, 0.2) is 24.8 Å². The van der Waals surface area contributed by atoms with Gasteiger partial charge in [-0.2, -0.15) is 0 Å². The summed E-state index contributed by atoms with van der Waals surface area (Å²) in [6, 6.07) is 4.33. The van der Waals surface area contributed by atoms with E-state index < -0.39 is 0 Å². The average Bonchev–Trinajstić information content (AvgIpc) is 2.57. The van der Waals surface area contributed by atoms with Gasteiger partial charge in [-0.3, -0.25) is 4.90 Å². The molecule has 1 heterocycles. The fraction of sp³-hybridized carbons (Fsp3) is 0.600. The molecule has 0 N–H and O–H groups in total. The largest absolute Gasteiger partial charge is 0.493 e. The lowest BCUT2D eigenvalue weighted by Gasteiger charge is -2.28. The third kappa shape index (κ3) is 5.53. The molecular weight excluding hydrogens is 300 g/mol. The number of piperidine rings is 1. The van der Waals surface area contributed by atoms with E-state index in [1.54, 1.807) is 7.11 Å². The topological polar surface area (TPSA) is 24.9 Å². The number of hydrogen-bond acceptors (Lipinski definition) is 4. The summed E-state index contributed by atoms with van der Waals surface area (Å²) >= 11 is 0. The lowest BCUT2D eigenvalue weighted by atomic mass is 10.0. The molecule has 0 saturated carbocycles. The van der Waals surface area contributed by atoms with E-state index in [1.807, 2.05) is 6.08 Å². The SMILES string of the molecule is C=CCc1cc(CN2CCCCC2)c(OCCN(C)C)c(OC)c1. The van der Waals surface area contributed by atoms with Gasteiger partial charge in [-0.25, -0.2) is 0 Å². The van der Waals surface area contributed by atoms with Gasteiger partial charge in [-0.05, 0) is 58.1 Å². The first kappa shape index (κ1) is 18.8. The molecule has 4 nitrogen and oxygen atoms in total. The molecule has 1 aliphatic heterocycles. The fourth-order valence-corrected chi connectivity index (χ4v) is 3.13. The van der Waals surface area contributed by atoms with Crippen molar-refractivity contribution in [1.82, 2.24) is 9.80 Å². The first-order chi connectivity index (χ1) is 11.6. The molecule has 2 rings (SSSR count). The number of ether oxygens (including phenoxy) is 2. The predicted molar refractivity (Wildman–Crippen MR) is 100 cm³/mol. The molecule has 0 bridgehead atoms. The summed E-state index contributed by atoms with van der Waals surface area (Å²) in [5.74, 6) is 1.73. The van der Waals surface area contributed by atoms with Crippen LogP contribution >= 0.6 is 0 Å². The molecule has 0 radical (unpaired) electrons. The molecule has 0 atom stereocenters. The molecule has 24 heavy (non-hydrogen) atoms. The average molecular weight is 332 g/mol. The van der Waals surface area contributed by atoms with Crippen molar-refractivity contribution in [2.45, 2.75) is 32.2 Å². The maximum Gasteiger partial charge on any atom is 0.165 e. The van der Waals surface area contributed by atoms with Crippen LogP contribution in [0.3, 0.4) is 0 Å². The van der Waals surface area contributed by atoms with Crippen LogP contribution in [-0.2, 0) is 13.0 Å². The Morgan fingerprint density at radius 3 is 2.58 bits per heavy atom. The zero-order valence-corrected chi connectivity index (χ0v) is 15.5. The number of likely N-dealkylation sites (tertiary alicyclic amines) is 1. The van der Waals surface area contributed by atoms with Gasteiger partial charge in [0.1, 0.15) is 6.61 Å². The van der Waals surface area contributed by atoms with E-state index in [0.29, 0.717) is 6.61 Å². The van der Waals surface area contributed by atoms with Crippen molar-refractivity contribution in [2.24, 2.45) is 0 Å². The molecule has 4 heteroatoms. The highest BCUT2D eigenvalue weighted by Crippen LogP contribution is 2.34. The Labute approximate surface area is 147 Å². The van der Waals surface area contributed by atoms with Crippen LogP contribution in [0.5, 0.6) is 11.5 Å². The molecule has 0 spiro atoms. The van der Waals surface area contributed by atoms with Crippen molar-refractivity contribution in [3.8, 4) is 11.5 Å². The number of hydrogen-bond donors (Lipinski definition) is 0. The molecule has 0 unspecified atom stereocenters. The molecule has 1 fully saturated rings. The van der Waals surface area contributed by atoms with Gasteiger partial charge in [0, 0.05) is 18.7 Å². The highest BCUT2D eigenvalue weighted by Gasteiger charge is 2.17. The van der Waals surface area contributed by atoms with Gasteiger partial charge in [0.15, 0.2) is 11.5 Å². The lowest BCUT2D eigenvalue weighted by Crippen LogP contribution is -2.29. The zero-order valence-electron chi connectivity index (χ0n) is 15.5. The van der Waals surface area contributed by atoms with Crippen LogP contribution in [0.2, 0.25) is 0 Å². The quantitative estimate of drug-likeness (QED) is 0.648. The van der Waals surface area contributed by atoms with Crippen molar-refractivity contribution < 1.29 is 9.47 Å². The van der Waals surface area contributed by atoms with E-state index in [-0.39, 0.29) is 0 Å². The van der Waals surface area contributed by atoms with Crippen LogP contribution in [0, 0.1) is 0 Å². The number of likely N-dealkylation sites (N-methyl/N-ethyl adjacent to an activating group) is 1. The number of nitrogens with zero attached hydrogens (tertiary/aromatic N) is 2. The summed E-state index contributed by atoms with van der Waals surface area (Å²) in [5.41, 5.74) is 2.46. The van der Waals surface area contributed by atoms with Crippen LogP contribution in [0.4, 0.5) is 0 Å². The van der Waals surface area contributed by atoms with Gasteiger partial charge in [0.2, 0.25) is 0 Å². The molecule has 134 valence electrons. The maximum absolute atomic E-state index is 6.13. The molecule has 1 aliphatic rings. The minimum atomic E-state index is 0.664. The third-order valence-corrected chi connectivity index (χ3v) is 4.42. The van der Waals surface area contributed by atoms with Gasteiger partial charge in [0.05, 0.1) is 7.11 Å². The first-order valence-electron chi connectivity index (χ1n) is 8.94. The Hall–Kier alpha value is -1.52. The summed E-state index contributed by atoms with van der Waals surface area (Å²) in [6.07, 6.45) is 6.72. The molecular formula is C20H32N2O2. The Kier molecular flexibility index (Phi) is 7.60. The van der Waals surface area contributed by atoms with E-state index in [2.05, 4.69) is 42.6 Å². The van der Waals surface area contributed by atoms with Crippen LogP contribution in [-0.4, -0.2) is 57.2 Å². The predicted octanol–water partition coefficient (Wildman–Crippen LogP) is 3.35. The standard InChI is InChI=1S/C20H32N2O2/c1-5-9-17-14-18(16-22-10-7-6-8-11-22)20(19(15-17)23-4)24-13-12-21(2)3/h5,14-15H,1,6-13,16H2,2-4H3. The second-order valence-electron chi connectivity index (χ2n) is 6.77. The minimum absolute atomic E-state index is 0.664. The van der Waals surface area contributed by atoms with Crippen LogP contribution < -0.4 is 9.47 Å². The van der Waals surface area contributed by atoms with Gasteiger partial charge in [-0.15, -0.1) is 6.58 Å². The third-order valence-electron chi connectivity index (χ3n) is 4.42. The molecule has 1 aromatic carbocycles. The van der Waals surface area contributed by atoms with Gasteiger partial charge in [0.25, 0.3) is 0 Å². The smallest absolute Gasteiger partial charge is 0.165 e. The Morgan fingerprint density at radius 1 is 1.21 bits per heavy atom. The number of benzene rings is 1. The highest BCUT2D eigenvalue weighted by molar-refractivity contribution is 5.50. The maximum atomic E-state index is 6.13. The minimum Gasteiger partial charge on any atom is -0.493 e. The molecule has 0 aromatic heterocycles. The first-order valence-corrected chi connectivity index (χ1v) is 8.94. The van der Waals surface area contributed by atoms with E-state index >= 15 is 0 Å². The fourth-order valence-electron chi connectivity index (χ4n) is 3.13. The van der Waals surface area contributed by atoms with Gasteiger partial charge in [-0.1, -0.05) is 18.6 Å². The summed E-state index contributed by atoms with van der Waals surface area (Å²) in [6.45, 7) is 8.69. The summed E-state index contributed by atoms with van der Waals surface area (Å²) < 4.78 is 11.8. The molecule has 1 aromatic rings. The monoisotopic (exact) mass is 332 g/mol. The highest BCUT2D eigenvalue weighted by atomic mass is 16.5. The second-order valence-corrected chi connectivity index (χ2v) is 6.77. The van der Waals surface area contributed by atoms with Crippen molar-refractivity contribution in [2.75, 3.05) is 47.4 Å². The van der Waals surface area contributed by atoms with Crippen molar-refractivity contribution in [3.63, 3.8) is 0 Å². The van der Waals surface area contributed by atoms with Gasteiger partial charge >= 0.3 is 0 Å². The van der Waals surface area contributed by atoms with Crippen LogP contribution in [0.25, 0.3) is 0 Å². The zero-order chi connectivity index (χ0) is 17.4. The van der Waals surface area contributed by atoms with Crippen molar-refractivity contribution in [1.29, 1.82) is 0 Å². The van der Waals surface area contributed by atoms with E-state index in [1.165, 1.54) is 43.5 Å². The van der Waals surface area contributed by atoms with Crippen LogP contribution in [0.1, 0.15) is 30.4 Å².